The molecule has 0 aliphatic rings. The van der Waals surface area contributed by atoms with E-state index in [1.165, 1.54) is 55.5 Å². The number of rotatable bonds is 8. The molecule has 36 heavy (non-hydrogen) atoms. The molecule has 0 radical (unpaired) electrons. The topological polar surface area (TPSA) is 119 Å². The summed E-state index contributed by atoms with van der Waals surface area (Å²) in [5.74, 6) is -0.491. The number of carbonyl (C=O) groups excluding carboxylic acids is 1. The van der Waals surface area contributed by atoms with E-state index in [-0.39, 0.29) is 50.8 Å². The number of nitrogens with one attached hydrogen (secondary N) is 1. The first kappa shape index (κ1) is 27.2. The van der Waals surface area contributed by atoms with Crippen LogP contribution in [0.4, 0.5) is 18.9 Å². The van der Waals surface area contributed by atoms with E-state index in [0.29, 0.717) is 6.42 Å². The predicted octanol–water partition coefficient (Wildman–Crippen LogP) is 4.86. The Kier molecular flexibility index (Phi) is 8.07. The minimum absolute atomic E-state index is 0.0890. The third kappa shape index (κ3) is 6.23. The van der Waals surface area contributed by atoms with Gasteiger partial charge in [-0.15, -0.1) is 0 Å². The average molecular weight is 523 g/mol. The van der Waals surface area contributed by atoms with Crippen LogP contribution in [0.1, 0.15) is 40.4 Å². The number of amides is 1. The molecule has 7 nitrogen and oxygen atoms in total. The Labute approximate surface area is 206 Å². The molecule has 3 rings (SSSR count). The Hall–Kier alpha value is -3.41. The maximum Gasteiger partial charge on any atom is 0.417 e. The van der Waals surface area contributed by atoms with Gasteiger partial charge < -0.3 is 15.2 Å². The summed E-state index contributed by atoms with van der Waals surface area (Å²) in [6, 6.07) is 11.7. The van der Waals surface area contributed by atoms with Crippen molar-refractivity contribution in [3.8, 4) is 16.9 Å². The molecule has 11 heteroatoms. The number of anilines is 1. The Morgan fingerprint density at radius 1 is 1.06 bits per heavy atom. The number of primary sulfonamides is 1. The molecule has 0 spiro atoms. The van der Waals surface area contributed by atoms with Gasteiger partial charge >= 0.3 is 6.18 Å². The Bertz CT molecular complexity index is 1390. The number of sulfonamides is 1. The van der Waals surface area contributed by atoms with Crippen molar-refractivity contribution in [2.24, 2.45) is 5.14 Å². The molecule has 0 atom stereocenters. The van der Waals surface area contributed by atoms with Gasteiger partial charge in [0.1, 0.15) is 5.75 Å². The molecule has 1 amide bonds. The SMILES string of the molecule is CCCOc1ccc(-c2ccc(NC(=O)c3ccc(S(N)(=O)=O)c(C)c3)cc2CO)c(C(F)(F)F)c1. The molecule has 192 valence electrons. The summed E-state index contributed by atoms with van der Waals surface area (Å²) in [5.41, 5.74) is -0.0634. The van der Waals surface area contributed by atoms with E-state index >= 15 is 0 Å². The number of aryl methyl sites for hydroxylation is 1. The largest absolute Gasteiger partial charge is 0.494 e. The number of aliphatic hydroxyl groups is 1. The summed E-state index contributed by atoms with van der Waals surface area (Å²) < 4.78 is 70.0. The lowest BCUT2D eigenvalue weighted by Gasteiger charge is -2.18. The van der Waals surface area contributed by atoms with Crippen LogP contribution in [0.5, 0.6) is 5.75 Å². The van der Waals surface area contributed by atoms with Crippen LogP contribution in [0.15, 0.2) is 59.5 Å². The van der Waals surface area contributed by atoms with Crippen molar-refractivity contribution in [3.05, 3.63) is 76.9 Å². The van der Waals surface area contributed by atoms with Crippen molar-refractivity contribution in [2.75, 3.05) is 11.9 Å². The van der Waals surface area contributed by atoms with Crippen LogP contribution in [-0.2, 0) is 22.8 Å². The zero-order valence-electron chi connectivity index (χ0n) is 19.5. The van der Waals surface area contributed by atoms with E-state index < -0.39 is 34.3 Å². The predicted molar refractivity (Wildman–Crippen MR) is 129 cm³/mol. The van der Waals surface area contributed by atoms with Crippen molar-refractivity contribution in [1.29, 1.82) is 0 Å². The van der Waals surface area contributed by atoms with Crippen LogP contribution >= 0.6 is 0 Å². The lowest BCUT2D eigenvalue weighted by molar-refractivity contribution is -0.137. The average Bonchev–Trinajstić information content (AvgIpc) is 2.81. The summed E-state index contributed by atoms with van der Waals surface area (Å²) >= 11 is 0. The fourth-order valence-electron chi connectivity index (χ4n) is 3.68. The number of hydrogen-bond donors (Lipinski definition) is 3. The summed E-state index contributed by atoms with van der Waals surface area (Å²) in [5, 5.41) is 17.6. The standard InChI is InChI=1S/C25H25F3N2O5S/c1-3-10-35-19-6-8-21(22(13-19)25(26,27)28)20-7-5-18(12-17(20)14-31)30-24(32)16-4-9-23(15(2)11-16)36(29,33)34/h4-9,11-13,31H,3,10,14H2,1-2H3,(H,30,32)(H2,29,33,34). The highest BCUT2D eigenvalue weighted by atomic mass is 32.2. The summed E-state index contributed by atoms with van der Waals surface area (Å²) in [6.07, 6.45) is -4.03. The fraction of sp³-hybridized carbons (Fsp3) is 0.240. The second kappa shape index (κ2) is 10.7. The number of nitrogens with two attached hydrogens (primary N) is 1. The maximum absolute atomic E-state index is 13.8. The van der Waals surface area contributed by atoms with Gasteiger partial charge in [0, 0.05) is 11.3 Å². The normalized spacial score (nSPS) is 11.9. The smallest absolute Gasteiger partial charge is 0.417 e. The van der Waals surface area contributed by atoms with E-state index in [2.05, 4.69) is 5.32 Å². The van der Waals surface area contributed by atoms with Crippen molar-refractivity contribution >= 4 is 21.6 Å². The number of halogens is 3. The monoisotopic (exact) mass is 522 g/mol. The number of aliphatic hydroxyl groups excluding tert-OH is 1. The molecule has 0 bridgehead atoms. The van der Waals surface area contributed by atoms with Gasteiger partial charge in [-0.1, -0.05) is 19.1 Å². The van der Waals surface area contributed by atoms with Crippen LogP contribution in [0.25, 0.3) is 11.1 Å². The van der Waals surface area contributed by atoms with E-state index in [9.17, 15) is 31.5 Å². The summed E-state index contributed by atoms with van der Waals surface area (Å²) in [7, 11) is -3.94. The molecule has 0 unspecified atom stereocenters. The Morgan fingerprint density at radius 2 is 1.75 bits per heavy atom. The second-order valence-corrected chi connectivity index (χ2v) is 9.59. The molecule has 3 aromatic rings. The van der Waals surface area contributed by atoms with E-state index in [4.69, 9.17) is 9.88 Å². The highest BCUT2D eigenvalue weighted by Crippen LogP contribution is 2.40. The van der Waals surface area contributed by atoms with Crippen molar-refractivity contribution < 1.29 is 36.2 Å². The van der Waals surface area contributed by atoms with E-state index in [0.717, 1.165) is 6.07 Å². The van der Waals surface area contributed by atoms with Crippen LogP contribution in [0.3, 0.4) is 0 Å². The lowest BCUT2D eigenvalue weighted by Crippen LogP contribution is -2.16. The Morgan fingerprint density at radius 3 is 2.33 bits per heavy atom. The second-order valence-electron chi connectivity index (χ2n) is 8.06. The molecule has 0 saturated carbocycles. The fourth-order valence-corrected chi connectivity index (χ4v) is 4.45. The zero-order valence-corrected chi connectivity index (χ0v) is 20.3. The molecule has 3 aromatic carbocycles. The Balaban J connectivity index is 1.94. The molecule has 0 aliphatic carbocycles. The third-order valence-corrected chi connectivity index (χ3v) is 6.41. The minimum atomic E-state index is -4.67. The van der Waals surface area contributed by atoms with Gasteiger partial charge in [-0.05, 0) is 78.1 Å². The quantitative estimate of drug-likeness (QED) is 0.390. The third-order valence-electron chi connectivity index (χ3n) is 5.34. The van der Waals surface area contributed by atoms with Crippen LogP contribution in [-0.4, -0.2) is 26.0 Å². The minimum Gasteiger partial charge on any atom is -0.494 e. The molecule has 0 aliphatic heterocycles. The van der Waals surface area contributed by atoms with Crippen molar-refractivity contribution in [1.82, 2.24) is 0 Å². The van der Waals surface area contributed by atoms with Crippen LogP contribution < -0.4 is 15.2 Å². The highest BCUT2D eigenvalue weighted by Gasteiger charge is 2.34. The number of benzene rings is 3. The first-order valence-electron chi connectivity index (χ1n) is 10.9. The molecule has 4 N–H and O–H groups in total. The van der Waals surface area contributed by atoms with Gasteiger partial charge in [0.25, 0.3) is 5.91 Å². The van der Waals surface area contributed by atoms with Gasteiger partial charge in [0.2, 0.25) is 10.0 Å². The maximum atomic E-state index is 13.8. The first-order valence-corrected chi connectivity index (χ1v) is 12.4. The van der Waals surface area contributed by atoms with E-state index in [1.807, 2.05) is 6.92 Å². The molecule has 0 fully saturated rings. The zero-order chi connectivity index (χ0) is 26.7. The van der Waals surface area contributed by atoms with Gasteiger partial charge in [-0.3, -0.25) is 4.79 Å². The van der Waals surface area contributed by atoms with Crippen molar-refractivity contribution in [2.45, 2.75) is 37.9 Å². The molecule has 0 heterocycles. The molecule has 0 aromatic heterocycles. The van der Waals surface area contributed by atoms with Crippen LogP contribution in [0, 0.1) is 6.92 Å². The lowest BCUT2D eigenvalue weighted by atomic mass is 9.94. The summed E-state index contributed by atoms with van der Waals surface area (Å²) in [6.45, 7) is 3.03. The molecule has 0 saturated heterocycles. The molecular weight excluding hydrogens is 497 g/mol. The number of ether oxygens (including phenoxy) is 1. The summed E-state index contributed by atoms with van der Waals surface area (Å²) in [4.78, 5) is 12.6. The van der Waals surface area contributed by atoms with E-state index in [1.54, 1.807) is 0 Å². The number of carbonyl (C=O) groups is 1. The van der Waals surface area contributed by atoms with Crippen LogP contribution in [0.2, 0.25) is 0 Å². The van der Waals surface area contributed by atoms with Gasteiger partial charge in [0.15, 0.2) is 0 Å². The van der Waals surface area contributed by atoms with Gasteiger partial charge in [-0.2, -0.15) is 13.2 Å². The molecular formula is C25H25F3N2O5S. The van der Waals surface area contributed by atoms with Gasteiger partial charge in [-0.25, -0.2) is 13.6 Å². The van der Waals surface area contributed by atoms with Gasteiger partial charge in [0.05, 0.1) is 23.7 Å². The highest BCUT2D eigenvalue weighted by molar-refractivity contribution is 7.89. The number of alkyl halides is 3. The first-order chi connectivity index (χ1) is 16.8. The number of hydrogen-bond acceptors (Lipinski definition) is 5. The van der Waals surface area contributed by atoms with Crippen molar-refractivity contribution in [3.63, 3.8) is 0 Å².